The van der Waals surface area contributed by atoms with Gasteiger partial charge in [-0.2, -0.15) is 0 Å². The topological polar surface area (TPSA) is 31.2 Å². The third-order valence-electron chi connectivity index (χ3n) is 3.22. The van der Waals surface area contributed by atoms with Gasteiger partial charge in [0.1, 0.15) is 0 Å². The number of methoxy groups -OCH3 is 1. The second kappa shape index (κ2) is 4.16. The van der Waals surface area contributed by atoms with Gasteiger partial charge >= 0.3 is 5.97 Å². The summed E-state index contributed by atoms with van der Waals surface area (Å²) in [5.41, 5.74) is 3.03. The number of rotatable bonds is 1. The van der Waals surface area contributed by atoms with Gasteiger partial charge in [-0.15, -0.1) is 0 Å². The summed E-state index contributed by atoms with van der Waals surface area (Å²) in [5.74, 6) is -0.296. The zero-order valence-electron chi connectivity index (χ0n) is 11.6. The predicted molar refractivity (Wildman–Crippen MR) is 73.0 cm³/mol. The van der Waals surface area contributed by atoms with E-state index in [-0.39, 0.29) is 11.4 Å². The van der Waals surface area contributed by atoms with Crippen LogP contribution in [0.2, 0.25) is 0 Å². The second-order valence-corrected chi connectivity index (χ2v) is 5.63. The van der Waals surface area contributed by atoms with Crippen LogP contribution >= 0.6 is 0 Å². The van der Waals surface area contributed by atoms with Gasteiger partial charge in [-0.1, -0.05) is 26.8 Å². The number of hydrogen-bond acceptors (Lipinski definition) is 2. The molecule has 0 fully saturated rings. The Morgan fingerprint density at radius 3 is 2.50 bits per heavy atom. The number of esters is 1. The Morgan fingerprint density at radius 1 is 1.28 bits per heavy atom. The SMILES string of the molecule is COC(=O)c1ccc2c(C(C)(C)C)cn(C)c2c1. The molecule has 0 atom stereocenters. The molecule has 1 aromatic heterocycles. The Kier molecular flexibility index (Phi) is 2.93. The van der Waals surface area contributed by atoms with E-state index in [4.69, 9.17) is 4.74 Å². The largest absolute Gasteiger partial charge is 0.465 e. The highest BCUT2D eigenvalue weighted by molar-refractivity contribution is 5.95. The maximum Gasteiger partial charge on any atom is 0.337 e. The first-order valence-corrected chi connectivity index (χ1v) is 6.02. The van der Waals surface area contributed by atoms with Crippen molar-refractivity contribution in [1.82, 2.24) is 4.57 Å². The number of aryl methyl sites for hydroxylation is 1. The van der Waals surface area contributed by atoms with Crippen LogP contribution in [0.3, 0.4) is 0 Å². The summed E-state index contributed by atoms with van der Waals surface area (Å²) < 4.78 is 6.81. The van der Waals surface area contributed by atoms with Crippen LogP contribution in [0.15, 0.2) is 24.4 Å². The molecule has 0 unspecified atom stereocenters. The van der Waals surface area contributed by atoms with Crippen molar-refractivity contribution < 1.29 is 9.53 Å². The minimum absolute atomic E-state index is 0.0896. The Balaban J connectivity index is 2.66. The molecule has 96 valence electrons. The van der Waals surface area contributed by atoms with Gasteiger partial charge in [-0.05, 0) is 23.1 Å². The van der Waals surface area contributed by atoms with Crippen LogP contribution in [-0.2, 0) is 17.2 Å². The van der Waals surface area contributed by atoms with E-state index < -0.39 is 0 Å². The van der Waals surface area contributed by atoms with Gasteiger partial charge < -0.3 is 9.30 Å². The summed E-state index contributed by atoms with van der Waals surface area (Å²) in [5, 5.41) is 1.19. The predicted octanol–water partition coefficient (Wildman–Crippen LogP) is 3.26. The van der Waals surface area contributed by atoms with Crippen molar-refractivity contribution in [1.29, 1.82) is 0 Å². The molecular formula is C15H19NO2. The molecule has 1 heterocycles. The number of nitrogens with zero attached hydrogens (tertiary/aromatic N) is 1. The lowest BCUT2D eigenvalue weighted by Crippen LogP contribution is -2.10. The van der Waals surface area contributed by atoms with Crippen molar-refractivity contribution in [2.75, 3.05) is 7.11 Å². The molecule has 0 saturated carbocycles. The highest BCUT2D eigenvalue weighted by Gasteiger charge is 2.20. The summed E-state index contributed by atoms with van der Waals surface area (Å²) in [6.45, 7) is 6.57. The first-order valence-electron chi connectivity index (χ1n) is 6.02. The van der Waals surface area contributed by atoms with Crippen LogP contribution < -0.4 is 0 Å². The summed E-state index contributed by atoms with van der Waals surface area (Å²) in [6.07, 6.45) is 2.13. The second-order valence-electron chi connectivity index (χ2n) is 5.63. The van der Waals surface area contributed by atoms with Crippen molar-refractivity contribution in [2.45, 2.75) is 26.2 Å². The lowest BCUT2D eigenvalue weighted by atomic mass is 9.87. The molecule has 1 aromatic carbocycles. The molecule has 0 saturated heterocycles. The van der Waals surface area contributed by atoms with E-state index >= 15 is 0 Å². The number of carbonyl (C=O) groups is 1. The Labute approximate surface area is 107 Å². The van der Waals surface area contributed by atoms with Gasteiger partial charge in [0.05, 0.1) is 12.7 Å². The van der Waals surface area contributed by atoms with E-state index in [0.29, 0.717) is 5.56 Å². The first kappa shape index (κ1) is 12.7. The average molecular weight is 245 g/mol. The fourth-order valence-corrected chi connectivity index (χ4v) is 2.23. The number of carbonyl (C=O) groups excluding carboxylic acids is 1. The molecule has 0 aliphatic rings. The van der Waals surface area contributed by atoms with E-state index in [1.807, 2.05) is 25.2 Å². The van der Waals surface area contributed by atoms with Gasteiger partial charge in [-0.3, -0.25) is 0 Å². The van der Waals surface area contributed by atoms with E-state index in [1.54, 1.807) is 0 Å². The summed E-state index contributed by atoms with van der Waals surface area (Å²) in [7, 11) is 3.40. The number of fused-ring (bicyclic) bond motifs is 1. The van der Waals surface area contributed by atoms with Gasteiger partial charge in [0.2, 0.25) is 0 Å². The molecule has 0 spiro atoms. The Bertz CT molecular complexity index is 603. The van der Waals surface area contributed by atoms with E-state index in [9.17, 15) is 4.79 Å². The minimum Gasteiger partial charge on any atom is -0.465 e. The summed E-state index contributed by atoms with van der Waals surface area (Å²) in [4.78, 5) is 11.5. The van der Waals surface area contributed by atoms with E-state index in [0.717, 1.165) is 5.52 Å². The van der Waals surface area contributed by atoms with Crippen LogP contribution in [0.1, 0.15) is 36.7 Å². The van der Waals surface area contributed by atoms with Crippen LogP contribution in [0, 0.1) is 0 Å². The van der Waals surface area contributed by atoms with Crippen LogP contribution in [0.5, 0.6) is 0 Å². The van der Waals surface area contributed by atoms with Gasteiger partial charge in [0.25, 0.3) is 0 Å². The number of ether oxygens (including phenoxy) is 1. The monoisotopic (exact) mass is 245 g/mol. The van der Waals surface area contributed by atoms with E-state index in [1.165, 1.54) is 18.1 Å². The fourth-order valence-electron chi connectivity index (χ4n) is 2.23. The third-order valence-corrected chi connectivity index (χ3v) is 3.22. The standard InChI is InChI=1S/C15H19NO2/c1-15(2,3)12-9-16(4)13-8-10(14(17)18-5)6-7-11(12)13/h6-9H,1-5H3. The fraction of sp³-hybridized carbons (Fsp3) is 0.400. The highest BCUT2D eigenvalue weighted by Crippen LogP contribution is 2.31. The average Bonchev–Trinajstić information content (AvgIpc) is 2.65. The van der Waals surface area contributed by atoms with Crippen LogP contribution in [0.4, 0.5) is 0 Å². The number of aromatic nitrogens is 1. The van der Waals surface area contributed by atoms with Crippen molar-refractivity contribution in [3.8, 4) is 0 Å². The smallest absolute Gasteiger partial charge is 0.337 e. The lowest BCUT2D eigenvalue weighted by molar-refractivity contribution is 0.0601. The molecule has 18 heavy (non-hydrogen) atoms. The zero-order chi connectivity index (χ0) is 13.5. The molecule has 2 aromatic rings. The number of hydrogen-bond donors (Lipinski definition) is 0. The van der Waals surface area contributed by atoms with Crippen molar-refractivity contribution in [3.63, 3.8) is 0 Å². The van der Waals surface area contributed by atoms with Gasteiger partial charge in [0.15, 0.2) is 0 Å². The maximum absolute atomic E-state index is 11.5. The molecule has 3 heteroatoms. The van der Waals surface area contributed by atoms with Gasteiger partial charge in [-0.25, -0.2) is 4.79 Å². The van der Waals surface area contributed by atoms with Crippen LogP contribution in [0.25, 0.3) is 10.9 Å². The quantitative estimate of drug-likeness (QED) is 0.722. The molecule has 3 nitrogen and oxygen atoms in total. The number of benzene rings is 1. The van der Waals surface area contributed by atoms with Crippen molar-refractivity contribution in [2.24, 2.45) is 7.05 Å². The molecule has 0 aliphatic carbocycles. The minimum atomic E-state index is -0.296. The van der Waals surface area contributed by atoms with Crippen molar-refractivity contribution >= 4 is 16.9 Å². The molecule has 0 bridgehead atoms. The molecule has 0 amide bonds. The normalized spacial score (nSPS) is 11.8. The van der Waals surface area contributed by atoms with Crippen molar-refractivity contribution in [3.05, 3.63) is 35.5 Å². The Morgan fingerprint density at radius 2 is 1.94 bits per heavy atom. The molecule has 0 radical (unpaired) electrons. The Hall–Kier alpha value is -1.77. The summed E-state index contributed by atoms with van der Waals surface area (Å²) in [6, 6.07) is 5.71. The van der Waals surface area contributed by atoms with E-state index in [2.05, 4.69) is 31.5 Å². The zero-order valence-corrected chi connectivity index (χ0v) is 11.6. The highest BCUT2D eigenvalue weighted by atomic mass is 16.5. The van der Waals surface area contributed by atoms with Gasteiger partial charge in [0, 0.05) is 24.1 Å². The maximum atomic E-state index is 11.5. The third kappa shape index (κ3) is 2.01. The lowest BCUT2D eigenvalue weighted by Gasteiger charge is -2.17. The molecular weight excluding hydrogens is 226 g/mol. The summed E-state index contributed by atoms with van der Waals surface area (Å²) >= 11 is 0. The van der Waals surface area contributed by atoms with Crippen LogP contribution in [-0.4, -0.2) is 17.6 Å². The molecule has 2 rings (SSSR count). The molecule has 0 aliphatic heterocycles. The first-order chi connectivity index (χ1) is 8.34. The molecule has 0 N–H and O–H groups in total.